The molecule has 0 heterocycles. The molecule has 0 saturated carbocycles. The standard InChI is InChI=1S/C21H31N5O6/c1-12(2)19(26-18(30)9-23-17(29)8-22-11-28)21(32)24-14(4)20(31)25-16-6-5-15(10-27)13(3)7-16/h5-7,11-12,14,19,27H,8-10H2,1-4H3,(H,22,28)(H,23,29)(H,24,32)(H,25,31)(H,26,30)/t14-,19-/m0/s1. The normalized spacial score (nSPS) is 12.3. The fraction of sp³-hybridized carbons (Fsp3) is 0.476. The number of carbonyl (C=O) groups excluding carboxylic acids is 5. The number of benzene rings is 1. The Morgan fingerprint density at radius 2 is 1.69 bits per heavy atom. The van der Waals surface area contributed by atoms with E-state index in [9.17, 15) is 29.1 Å². The van der Waals surface area contributed by atoms with Gasteiger partial charge in [-0.15, -0.1) is 0 Å². The number of aliphatic hydroxyl groups excluding tert-OH is 1. The minimum atomic E-state index is -0.922. The van der Waals surface area contributed by atoms with Crippen molar-refractivity contribution in [1.82, 2.24) is 21.3 Å². The quantitative estimate of drug-likeness (QED) is 0.222. The number of carbonyl (C=O) groups is 5. The maximum absolute atomic E-state index is 12.6. The predicted octanol–water partition coefficient (Wildman–Crippen LogP) is -1.07. The van der Waals surface area contributed by atoms with Gasteiger partial charge in [0.05, 0.1) is 19.7 Å². The van der Waals surface area contributed by atoms with E-state index in [1.54, 1.807) is 32.0 Å². The molecule has 32 heavy (non-hydrogen) atoms. The minimum Gasteiger partial charge on any atom is -0.392 e. The summed E-state index contributed by atoms with van der Waals surface area (Å²) in [6.45, 7) is 6.05. The summed E-state index contributed by atoms with van der Waals surface area (Å²) >= 11 is 0. The molecule has 1 rings (SSSR count). The first-order valence-electron chi connectivity index (χ1n) is 10.1. The molecule has 11 heteroatoms. The van der Waals surface area contributed by atoms with Crippen molar-refractivity contribution < 1.29 is 29.1 Å². The molecule has 0 radical (unpaired) electrons. The zero-order valence-corrected chi connectivity index (χ0v) is 18.7. The van der Waals surface area contributed by atoms with E-state index in [4.69, 9.17) is 0 Å². The maximum Gasteiger partial charge on any atom is 0.246 e. The van der Waals surface area contributed by atoms with Crippen molar-refractivity contribution in [2.24, 2.45) is 5.92 Å². The molecule has 2 atom stereocenters. The number of rotatable bonds is 12. The zero-order valence-electron chi connectivity index (χ0n) is 18.7. The van der Waals surface area contributed by atoms with Gasteiger partial charge in [-0.3, -0.25) is 24.0 Å². The summed E-state index contributed by atoms with van der Waals surface area (Å²) in [5.41, 5.74) is 2.09. The minimum absolute atomic E-state index is 0.103. The second-order valence-corrected chi connectivity index (χ2v) is 7.58. The Morgan fingerprint density at radius 3 is 2.25 bits per heavy atom. The lowest BCUT2D eigenvalue weighted by Crippen LogP contribution is -2.55. The summed E-state index contributed by atoms with van der Waals surface area (Å²) in [5, 5.41) is 21.5. The molecule has 0 aliphatic heterocycles. The van der Waals surface area contributed by atoms with E-state index in [0.29, 0.717) is 12.1 Å². The molecule has 1 aromatic rings. The van der Waals surface area contributed by atoms with Gasteiger partial charge in [-0.25, -0.2) is 0 Å². The Morgan fingerprint density at radius 1 is 1.00 bits per heavy atom. The van der Waals surface area contributed by atoms with Crippen LogP contribution < -0.4 is 26.6 Å². The monoisotopic (exact) mass is 449 g/mol. The van der Waals surface area contributed by atoms with Gasteiger partial charge in [0.25, 0.3) is 0 Å². The molecule has 0 aromatic heterocycles. The van der Waals surface area contributed by atoms with Gasteiger partial charge >= 0.3 is 0 Å². The first-order valence-corrected chi connectivity index (χ1v) is 10.1. The van der Waals surface area contributed by atoms with Crippen LogP contribution in [0.1, 0.15) is 31.9 Å². The maximum atomic E-state index is 12.6. The Kier molecular flexibility index (Phi) is 10.8. The lowest BCUT2D eigenvalue weighted by atomic mass is 10.0. The summed E-state index contributed by atoms with van der Waals surface area (Å²) in [4.78, 5) is 58.8. The summed E-state index contributed by atoms with van der Waals surface area (Å²) in [6, 6.07) is 3.27. The third-order valence-corrected chi connectivity index (χ3v) is 4.59. The van der Waals surface area contributed by atoms with Crippen LogP contribution in [0.15, 0.2) is 18.2 Å². The molecule has 11 nitrogen and oxygen atoms in total. The van der Waals surface area contributed by atoms with Gasteiger partial charge in [-0.05, 0) is 43.0 Å². The largest absolute Gasteiger partial charge is 0.392 e. The first kappa shape index (κ1) is 26.6. The molecule has 0 unspecified atom stereocenters. The third kappa shape index (κ3) is 8.72. The van der Waals surface area contributed by atoms with E-state index in [2.05, 4.69) is 26.6 Å². The highest BCUT2D eigenvalue weighted by molar-refractivity contribution is 5.98. The third-order valence-electron chi connectivity index (χ3n) is 4.59. The number of amides is 5. The second-order valence-electron chi connectivity index (χ2n) is 7.58. The van der Waals surface area contributed by atoms with Crippen molar-refractivity contribution in [3.05, 3.63) is 29.3 Å². The van der Waals surface area contributed by atoms with E-state index >= 15 is 0 Å². The van der Waals surface area contributed by atoms with Crippen LogP contribution in [0.25, 0.3) is 0 Å². The van der Waals surface area contributed by atoms with Gasteiger partial charge in [-0.1, -0.05) is 19.9 Å². The topological polar surface area (TPSA) is 166 Å². The first-order chi connectivity index (χ1) is 15.1. The van der Waals surface area contributed by atoms with E-state index in [0.717, 1.165) is 11.1 Å². The van der Waals surface area contributed by atoms with Crippen molar-refractivity contribution in [2.75, 3.05) is 18.4 Å². The average Bonchev–Trinajstić information content (AvgIpc) is 2.74. The molecule has 0 aliphatic rings. The Bertz CT molecular complexity index is 842. The number of hydrogen-bond acceptors (Lipinski definition) is 6. The molecule has 0 fully saturated rings. The smallest absolute Gasteiger partial charge is 0.246 e. The Hall–Kier alpha value is -3.47. The van der Waals surface area contributed by atoms with Gasteiger partial charge < -0.3 is 31.7 Å². The summed E-state index contributed by atoms with van der Waals surface area (Å²) in [5.74, 6) is -2.41. The fourth-order valence-corrected chi connectivity index (χ4v) is 2.71. The van der Waals surface area contributed by atoms with Gasteiger partial charge in [-0.2, -0.15) is 0 Å². The molecule has 1 aromatic carbocycles. The Labute approximate surface area is 186 Å². The molecule has 0 aliphatic carbocycles. The second kappa shape index (κ2) is 13.1. The van der Waals surface area contributed by atoms with E-state index in [1.807, 2.05) is 6.92 Å². The van der Waals surface area contributed by atoms with Gasteiger partial charge in [0, 0.05) is 5.69 Å². The van der Waals surface area contributed by atoms with Crippen LogP contribution in [0.3, 0.4) is 0 Å². The Balaban J connectivity index is 2.63. The highest BCUT2D eigenvalue weighted by Gasteiger charge is 2.27. The number of aryl methyl sites for hydroxylation is 1. The van der Waals surface area contributed by atoms with Crippen LogP contribution >= 0.6 is 0 Å². The van der Waals surface area contributed by atoms with Gasteiger partial charge in [0.15, 0.2) is 0 Å². The number of aliphatic hydroxyl groups is 1. The highest BCUT2D eigenvalue weighted by atomic mass is 16.3. The molecule has 0 saturated heterocycles. The summed E-state index contributed by atoms with van der Waals surface area (Å²) < 4.78 is 0. The number of nitrogens with one attached hydrogen (secondary N) is 5. The SMILES string of the molecule is Cc1cc(NC(=O)[C@H](C)NC(=O)[C@@H](NC(=O)CNC(=O)CNC=O)C(C)C)ccc1CO. The molecular formula is C21H31N5O6. The number of anilines is 1. The summed E-state index contributed by atoms with van der Waals surface area (Å²) in [6.07, 6.45) is 0.363. The molecule has 5 amide bonds. The fourth-order valence-electron chi connectivity index (χ4n) is 2.71. The number of hydrogen-bond donors (Lipinski definition) is 6. The van der Waals surface area contributed by atoms with Crippen LogP contribution in [-0.4, -0.2) is 60.3 Å². The van der Waals surface area contributed by atoms with Crippen LogP contribution in [0, 0.1) is 12.8 Å². The summed E-state index contributed by atoms with van der Waals surface area (Å²) in [7, 11) is 0. The van der Waals surface area contributed by atoms with Crippen LogP contribution in [0.4, 0.5) is 5.69 Å². The van der Waals surface area contributed by atoms with Gasteiger partial charge in [0.1, 0.15) is 12.1 Å². The van der Waals surface area contributed by atoms with Crippen molar-refractivity contribution in [3.63, 3.8) is 0 Å². The molecule has 176 valence electrons. The van der Waals surface area contributed by atoms with E-state index in [-0.39, 0.29) is 25.6 Å². The lowest BCUT2D eigenvalue weighted by Gasteiger charge is -2.24. The van der Waals surface area contributed by atoms with Crippen LogP contribution in [0.5, 0.6) is 0 Å². The average molecular weight is 450 g/mol. The van der Waals surface area contributed by atoms with E-state index in [1.165, 1.54) is 6.92 Å². The molecule has 0 spiro atoms. The van der Waals surface area contributed by atoms with Crippen molar-refractivity contribution in [1.29, 1.82) is 0 Å². The highest BCUT2D eigenvalue weighted by Crippen LogP contribution is 2.15. The lowest BCUT2D eigenvalue weighted by molar-refractivity contribution is -0.132. The van der Waals surface area contributed by atoms with E-state index < -0.39 is 35.7 Å². The van der Waals surface area contributed by atoms with Gasteiger partial charge in [0.2, 0.25) is 30.0 Å². The van der Waals surface area contributed by atoms with Crippen LogP contribution in [0.2, 0.25) is 0 Å². The van der Waals surface area contributed by atoms with Crippen molar-refractivity contribution in [2.45, 2.75) is 46.4 Å². The molecule has 6 N–H and O–H groups in total. The van der Waals surface area contributed by atoms with Crippen molar-refractivity contribution in [3.8, 4) is 0 Å². The predicted molar refractivity (Wildman–Crippen MR) is 117 cm³/mol. The molecular weight excluding hydrogens is 418 g/mol. The zero-order chi connectivity index (χ0) is 24.3. The molecule has 0 bridgehead atoms. The van der Waals surface area contributed by atoms with Crippen molar-refractivity contribution >= 4 is 35.7 Å². The van der Waals surface area contributed by atoms with Crippen LogP contribution in [-0.2, 0) is 30.6 Å².